The van der Waals surface area contributed by atoms with Crippen molar-refractivity contribution < 1.29 is 14.1 Å². The van der Waals surface area contributed by atoms with E-state index >= 15 is 0 Å². The monoisotopic (exact) mass is 262 g/mol. The number of rotatable bonds is 6. The van der Waals surface area contributed by atoms with E-state index in [1.165, 1.54) is 6.07 Å². The number of nitro groups is 1. The van der Waals surface area contributed by atoms with Gasteiger partial charge in [0.2, 0.25) is 0 Å². The van der Waals surface area contributed by atoms with Crippen molar-refractivity contribution in [3.05, 3.63) is 33.1 Å². The minimum atomic E-state index is -0.805. The van der Waals surface area contributed by atoms with Gasteiger partial charge in [-0.1, -0.05) is 11.6 Å². The van der Waals surface area contributed by atoms with Crippen LogP contribution < -0.4 is 5.32 Å². The maximum atomic E-state index is 13.1. The number of hydrogen-bond acceptors (Lipinski definition) is 4. The van der Waals surface area contributed by atoms with Crippen molar-refractivity contribution in [1.82, 2.24) is 0 Å². The lowest BCUT2D eigenvalue weighted by Gasteiger charge is -2.07. The first kappa shape index (κ1) is 13.7. The molecule has 7 heteroatoms. The molecule has 0 spiro atoms. The molecular weight excluding hydrogens is 251 g/mol. The molecular formula is C10H12ClFN2O3. The smallest absolute Gasteiger partial charge is 0.295 e. The molecule has 0 aromatic heterocycles. The molecule has 94 valence electrons. The Balaban J connectivity index is 2.81. The molecule has 17 heavy (non-hydrogen) atoms. The van der Waals surface area contributed by atoms with Crippen LogP contribution in [0, 0.1) is 15.9 Å². The SMILES string of the molecule is COCCCNc1cc(Cl)c(F)cc1[N+](=O)[O-]. The van der Waals surface area contributed by atoms with Gasteiger partial charge in [-0.25, -0.2) is 4.39 Å². The Hall–Kier alpha value is -1.40. The number of halogens is 2. The lowest BCUT2D eigenvalue weighted by molar-refractivity contribution is -0.384. The van der Waals surface area contributed by atoms with E-state index in [-0.39, 0.29) is 16.4 Å². The highest BCUT2D eigenvalue weighted by atomic mass is 35.5. The minimum absolute atomic E-state index is 0.148. The summed E-state index contributed by atoms with van der Waals surface area (Å²) in [6, 6.07) is 2.02. The summed E-state index contributed by atoms with van der Waals surface area (Å²) in [5.41, 5.74) is -0.123. The lowest BCUT2D eigenvalue weighted by atomic mass is 10.2. The fourth-order valence-corrected chi connectivity index (χ4v) is 1.43. The van der Waals surface area contributed by atoms with E-state index in [1.807, 2.05) is 0 Å². The second-order valence-electron chi connectivity index (χ2n) is 3.31. The van der Waals surface area contributed by atoms with Crippen molar-refractivity contribution in [3.8, 4) is 0 Å². The van der Waals surface area contributed by atoms with Gasteiger partial charge >= 0.3 is 0 Å². The molecule has 0 radical (unpaired) electrons. The molecule has 0 unspecified atom stereocenters. The van der Waals surface area contributed by atoms with Crippen LogP contribution in [-0.4, -0.2) is 25.2 Å². The normalized spacial score (nSPS) is 10.3. The van der Waals surface area contributed by atoms with Gasteiger partial charge in [0.05, 0.1) is 16.0 Å². The van der Waals surface area contributed by atoms with Crippen molar-refractivity contribution in [2.45, 2.75) is 6.42 Å². The number of hydrogen-bond donors (Lipinski definition) is 1. The molecule has 1 aromatic carbocycles. The first-order chi connectivity index (χ1) is 8.06. The Kier molecular flexibility index (Phi) is 5.11. The maximum Gasteiger partial charge on any atom is 0.295 e. The molecule has 0 saturated heterocycles. The lowest BCUT2D eigenvalue weighted by Crippen LogP contribution is -2.07. The molecule has 0 heterocycles. The third-order valence-corrected chi connectivity index (χ3v) is 2.37. The molecule has 0 amide bonds. The van der Waals surface area contributed by atoms with Crippen LogP contribution in [0.2, 0.25) is 5.02 Å². The van der Waals surface area contributed by atoms with Crippen molar-refractivity contribution in [2.75, 3.05) is 25.6 Å². The molecule has 0 aliphatic carbocycles. The molecule has 0 bridgehead atoms. The Morgan fingerprint density at radius 2 is 2.29 bits per heavy atom. The van der Waals surface area contributed by atoms with Gasteiger partial charge < -0.3 is 10.1 Å². The molecule has 0 saturated carbocycles. The standard InChI is InChI=1S/C10H12ClFN2O3/c1-17-4-2-3-13-9-5-7(11)8(12)6-10(9)14(15)16/h5-6,13H,2-4H2,1H3. The van der Waals surface area contributed by atoms with Crippen molar-refractivity contribution in [2.24, 2.45) is 0 Å². The quantitative estimate of drug-likeness (QED) is 0.486. The summed E-state index contributed by atoms with van der Waals surface area (Å²) in [6.45, 7) is 1.02. The van der Waals surface area contributed by atoms with Crippen LogP contribution in [-0.2, 0) is 4.74 Å². The summed E-state index contributed by atoms with van der Waals surface area (Å²) >= 11 is 5.57. The van der Waals surface area contributed by atoms with Crippen LogP contribution in [0.1, 0.15) is 6.42 Å². The summed E-state index contributed by atoms with van der Waals surface area (Å²) in [5, 5.41) is 13.4. The molecule has 1 rings (SSSR count). The Morgan fingerprint density at radius 1 is 1.59 bits per heavy atom. The zero-order valence-corrected chi connectivity index (χ0v) is 9.96. The van der Waals surface area contributed by atoms with Gasteiger partial charge in [0.1, 0.15) is 11.5 Å². The largest absolute Gasteiger partial charge is 0.385 e. The molecule has 0 fully saturated rings. The van der Waals surface area contributed by atoms with E-state index in [1.54, 1.807) is 7.11 Å². The molecule has 1 N–H and O–H groups in total. The van der Waals surface area contributed by atoms with Gasteiger partial charge in [0.25, 0.3) is 5.69 Å². The topological polar surface area (TPSA) is 64.4 Å². The van der Waals surface area contributed by atoms with Gasteiger partial charge in [-0.15, -0.1) is 0 Å². The molecule has 1 aromatic rings. The summed E-state index contributed by atoms with van der Waals surface area (Å²) in [6.07, 6.45) is 0.683. The minimum Gasteiger partial charge on any atom is -0.385 e. The Bertz CT molecular complexity index is 415. The number of anilines is 1. The fourth-order valence-electron chi connectivity index (χ4n) is 1.27. The van der Waals surface area contributed by atoms with Gasteiger partial charge in [0.15, 0.2) is 0 Å². The highest BCUT2D eigenvalue weighted by Crippen LogP contribution is 2.30. The summed E-state index contributed by atoms with van der Waals surface area (Å²) < 4.78 is 17.9. The number of nitrogens with zero attached hydrogens (tertiary/aromatic N) is 1. The summed E-state index contributed by atoms with van der Waals surface area (Å²) in [4.78, 5) is 10.1. The average Bonchev–Trinajstić information content (AvgIpc) is 2.28. The van der Waals surface area contributed by atoms with Gasteiger partial charge in [-0.2, -0.15) is 0 Å². The van der Waals surface area contributed by atoms with E-state index in [0.29, 0.717) is 19.6 Å². The maximum absolute atomic E-state index is 13.1. The van der Waals surface area contributed by atoms with Gasteiger partial charge in [-0.05, 0) is 12.5 Å². The molecule has 0 aliphatic rings. The van der Waals surface area contributed by atoms with E-state index in [4.69, 9.17) is 16.3 Å². The zero-order chi connectivity index (χ0) is 12.8. The molecule has 5 nitrogen and oxygen atoms in total. The third kappa shape index (κ3) is 3.83. The van der Waals surface area contributed by atoms with Crippen LogP contribution in [0.25, 0.3) is 0 Å². The van der Waals surface area contributed by atoms with Gasteiger partial charge in [0, 0.05) is 20.3 Å². The van der Waals surface area contributed by atoms with E-state index in [9.17, 15) is 14.5 Å². The molecule has 0 atom stereocenters. The van der Waals surface area contributed by atoms with E-state index in [2.05, 4.69) is 5.32 Å². The summed E-state index contributed by atoms with van der Waals surface area (Å²) in [7, 11) is 1.57. The first-order valence-electron chi connectivity index (χ1n) is 4.92. The predicted octanol–water partition coefficient (Wildman–Crippen LogP) is 2.84. The van der Waals surface area contributed by atoms with E-state index < -0.39 is 10.7 Å². The van der Waals surface area contributed by atoms with Crippen LogP contribution in [0.5, 0.6) is 0 Å². The highest BCUT2D eigenvalue weighted by molar-refractivity contribution is 6.31. The van der Waals surface area contributed by atoms with E-state index in [0.717, 1.165) is 6.07 Å². The summed E-state index contributed by atoms with van der Waals surface area (Å²) in [5.74, 6) is -0.805. The second-order valence-corrected chi connectivity index (χ2v) is 3.72. The Morgan fingerprint density at radius 3 is 2.88 bits per heavy atom. The molecule has 0 aliphatic heterocycles. The number of benzene rings is 1. The first-order valence-corrected chi connectivity index (χ1v) is 5.30. The van der Waals surface area contributed by atoms with Crippen molar-refractivity contribution >= 4 is 23.0 Å². The number of methoxy groups -OCH3 is 1. The van der Waals surface area contributed by atoms with Crippen LogP contribution in [0.4, 0.5) is 15.8 Å². The third-order valence-electron chi connectivity index (χ3n) is 2.08. The fraction of sp³-hybridized carbons (Fsp3) is 0.400. The number of ether oxygens (including phenoxy) is 1. The van der Waals surface area contributed by atoms with Crippen LogP contribution in [0.15, 0.2) is 12.1 Å². The van der Waals surface area contributed by atoms with Gasteiger partial charge in [-0.3, -0.25) is 10.1 Å². The predicted molar refractivity (Wildman–Crippen MR) is 63.0 cm³/mol. The number of nitro benzene ring substituents is 1. The van der Waals surface area contributed by atoms with Crippen molar-refractivity contribution in [3.63, 3.8) is 0 Å². The van der Waals surface area contributed by atoms with Crippen LogP contribution >= 0.6 is 11.6 Å². The average molecular weight is 263 g/mol. The second kappa shape index (κ2) is 6.36. The zero-order valence-electron chi connectivity index (χ0n) is 9.20. The Labute approximate surface area is 103 Å². The van der Waals surface area contributed by atoms with Crippen LogP contribution in [0.3, 0.4) is 0 Å². The number of nitrogens with one attached hydrogen (secondary N) is 1. The van der Waals surface area contributed by atoms with Crippen molar-refractivity contribution in [1.29, 1.82) is 0 Å². The highest BCUT2D eigenvalue weighted by Gasteiger charge is 2.17.